The van der Waals surface area contributed by atoms with E-state index in [2.05, 4.69) is 16.0 Å². The van der Waals surface area contributed by atoms with Gasteiger partial charge in [-0.15, -0.1) is 11.8 Å². The molecule has 3 aromatic rings. The molecule has 174 valence electrons. The Morgan fingerprint density at radius 1 is 0.853 bits per heavy atom. The molecule has 7 nitrogen and oxygen atoms in total. The van der Waals surface area contributed by atoms with E-state index in [4.69, 9.17) is 4.74 Å². The number of carbonyl (C=O) groups is 3. The molecule has 0 bridgehead atoms. The van der Waals surface area contributed by atoms with E-state index < -0.39 is 0 Å². The summed E-state index contributed by atoms with van der Waals surface area (Å²) in [4.78, 5) is 38.1. The normalized spacial score (nSPS) is 12.5. The summed E-state index contributed by atoms with van der Waals surface area (Å²) in [6.07, 6.45) is 1.85. The summed E-state index contributed by atoms with van der Waals surface area (Å²) < 4.78 is 5.17. The number of ether oxygens (including phenoxy) is 1. The molecule has 3 N–H and O–H groups in total. The highest BCUT2D eigenvalue weighted by Gasteiger charge is 2.29. The van der Waals surface area contributed by atoms with E-state index in [1.54, 1.807) is 67.8 Å². The van der Waals surface area contributed by atoms with Crippen LogP contribution in [-0.4, -0.2) is 30.6 Å². The maximum absolute atomic E-state index is 13.0. The number of methoxy groups -OCH3 is 1. The fourth-order valence-electron chi connectivity index (χ4n) is 3.28. The van der Waals surface area contributed by atoms with Gasteiger partial charge in [-0.1, -0.05) is 24.3 Å². The van der Waals surface area contributed by atoms with Crippen LogP contribution < -0.4 is 20.7 Å². The highest BCUT2D eigenvalue weighted by molar-refractivity contribution is 8.00. The molecule has 0 radical (unpaired) electrons. The van der Waals surface area contributed by atoms with Crippen LogP contribution in [0.15, 0.2) is 77.7 Å². The maximum atomic E-state index is 13.0. The first-order valence-corrected chi connectivity index (χ1v) is 11.9. The maximum Gasteiger partial charge on any atom is 0.256 e. The Balaban J connectivity index is 1.37. The van der Waals surface area contributed by atoms with Crippen LogP contribution >= 0.6 is 11.8 Å². The first-order valence-electron chi connectivity index (χ1n) is 10.9. The molecule has 1 aliphatic carbocycles. The predicted octanol–water partition coefficient (Wildman–Crippen LogP) is 5.03. The predicted molar refractivity (Wildman–Crippen MR) is 135 cm³/mol. The van der Waals surface area contributed by atoms with Gasteiger partial charge in [-0.25, -0.2) is 0 Å². The van der Waals surface area contributed by atoms with Gasteiger partial charge in [-0.05, 0) is 55.3 Å². The fraction of sp³-hybridized carbons (Fsp3) is 0.192. The minimum Gasteiger partial charge on any atom is -0.497 e. The lowest BCUT2D eigenvalue weighted by Gasteiger charge is -2.12. The molecule has 0 saturated heterocycles. The zero-order valence-corrected chi connectivity index (χ0v) is 19.5. The third-order valence-corrected chi connectivity index (χ3v) is 6.25. The largest absolute Gasteiger partial charge is 0.497 e. The van der Waals surface area contributed by atoms with Crippen molar-refractivity contribution in [3.8, 4) is 5.75 Å². The second-order valence-corrected chi connectivity index (χ2v) is 8.88. The van der Waals surface area contributed by atoms with Crippen molar-refractivity contribution in [3.63, 3.8) is 0 Å². The molecule has 3 amide bonds. The van der Waals surface area contributed by atoms with Gasteiger partial charge in [-0.3, -0.25) is 14.4 Å². The number of nitrogens with one attached hydrogen (secondary N) is 3. The summed E-state index contributed by atoms with van der Waals surface area (Å²) in [5.74, 6) is 0.434. The van der Waals surface area contributed by atoms with Gasteiger partial charge in [-0.2, -0.15) is 0 Å². The van der Waals surface area contributed by atoms with E-state index in [1.807, 2.05) is 12.1 Å². The molecule has 4 rings (SSSR count). The lowest BCUT2D eigenvalue weighted by molar-refractivity contribution is -0.117. The number of carbonyl (C=O) groups excluding carboxylic acids is 3. The van der Waals surface area contributed by atoms with Gasteiger partial charge in [0.2, 0.25) is 11.8 Å². The van der Waals surface area contributed by atoms with Gasteiger partial charge in [0.05, 0.1) is 18.4 Å². The Labute approximate surface area is 202 Å². The molecule has 0 aliphatic heterocycles. The van der Waals surface area contributed by atoms with Crippen molar-refractivity contribution in [1.82, 2.24) is 0 Å². The summed E-state index contributed by atoms with van der Waals surface area (Å²) in [6, 6.07) is 21.3. The highest BCUT2D eigenvalue weighted by Crippen LogP contribution is 2.30. The van der Waals surface area contributed by atoms with Gasteiger partial charge in [0.25, 0.3) is 5.91 Å². The van der Waals surface area contributed by atoms with Crippen molar-refractivity contribution in [2.45, 2.75) is 17.7 Å². The van der Waals surface area contributed by atoms with E-state index >= 15 is 0 Å². The Morgan fingerprint density at radius 2 is 1.53 bits per heavy atom. The van der Waals surface area contributed by atoms with Crippen LogP contribution in [0.4, 0.5) is 17.1 Å². The number of amides is 3. The van der Waals surface area contributed by atoms with E-state index in [-0.39, 0.29) is 29.4 Å². The Kier molecular flexibility index (Phi) is 7.49. The molecule has 1 saturated carbocycles. The average Bonchev–Trinajstić information content (AvgIpc) is 3.69. The molecule has 34 heavy (non-hydrogen) atoms. The van der Waals surface area contributed by atoms with Gasteiger partial charge < -0.3 is 20.7 Å². The third-order valence-electron chi connectivity index (χ3n) is 5.18. The Hall–Kier alpha value is -3.78. The number of hydrogen-bond acceptors (Lipinski definition) is 5. The standard InChI is InChI=1S/C26H25N3O4S/c1-33-21-9-5-8-20(15-21)27-24(30)16-34-23-11-3-2-10-22(23)26(32)29-19-7-4-6-18(14-19)28-25(31)17-12-13-17/h2-11,14-15,17H,12-13,16H2,1H3,(H,27,30)(H,28,31)(H,29,32). The third kappa shape index (κ3) is 6.39. The SMILES string of the molecule is COc1cccc(NC(=O)CSc2ccccc2C(=O)Nc2cccc(NC(=O)C3CC3)c2)c1. The topological polar surface area (TPSA) is 96.5 Å². The number of thioether (sulfide) groups is 1. The monoisotopic (exact) mass is 475 g/mol. The molecule has 1 fully saturated rings. The Bertz CT molecular complexity index is 1210. The van der Waals surface area contributed by atoms with Crippen LogP contribution in [0.3, 0.4) is 0 Å². The highest BCUT2D eigenvalue weighted by atomic mass is 32.2. The van der Waals surface area contributed by atoms with Gasteiger partial charge in [0.1, 0.15) is 5.75 Å². The first-order chi connectivity index (χ1) is 16.5. The van der Waals surface area contributed by atoms with Crippen molar-refractivity contribution in [2.24, 2.45) is 5.92 Å². The van der Waals surface area contributed by atoms with Crippen LogP contribution in [0.25, 0.3) is 0 Å². The summed E-state index contributed by atoms with van der Waals surface area (Å²) in [7, 11) is 1.57. The van der Waals surface area contributed by atoms with Crippen LogP contribution in [-0.2, 0) is 9.59 Å². The summed E-state index contributed by atoms with van der Waals surface area (Å²) in [6.45, 7) is 0. The van der Waals surface area contributed by atoms with Gasteiger partial charge in [0.15, 0.2) is 0 Å². The van der Waals surface area contributed by atoms with E-state index in [0.717, 1.165) is 12.8 Å². The smallest absolute Gasteiger partial charge is 0.256 e. The fourth-order valence-corrected chi connectivity index (χ4v) is 4.13. The quantitative estimate of drug-likeness (QED) is 0.377. The van der Waals surface area contributed by atoms with Crippen LogP contribution in [0.1, 0.15) is 23.2 Å². The zero-order valence-electron chi connectivity index (χ0n) is 18.7. The molecule has 1 aliphatic rings. The van der Waals surface area contributed by atoms with Gasteiger partial charge in [0, 0.05) is 33.9 Å². The molecule has 0 aromatic heterocycles. The number of benzene rings is 3. The lowest BCUT2D eigenvalue weighted by Crippen LogP contribution is -2.16. The molecule has 0 spiro atoms. The van der Waals surface area contributed by atoms with E-state index in [9.17, 15) is 14.4 Å². The summed E-state index contributed by atoms with van der Waals surface area (Å²) >= 11 is 1.28. The molecule has 0 unspecified atom stereocenters. The van der Waals surface area contributed by atoms with Crippen molar-refractivity contribution in [1.29, 1.82) is 0 Å². The summed E-state index contributed by atoms with van der Waals surface area (Å²) in [5, 5.41) is 8.60. The second-order valence-electron chi connectivity index (χ2n) is 7.86. The number of anilines is 3. The average molecular weight is 476 g/mol. The van der Waals surface area contributed by atoms with Crippen LogP contribution in [0.2, 0.25) is 0 Å². The van der Waals surface area contributed by atoms with Crippen molar-refractivity contribution in [2.75, 3.05) is 28.8 Å². The van der Waals surface area contributed by atoms with E-state index in [0.29, 0.717) is 33.3 Å². The van der Waals surface area contributed by atoms with Crippen molar-refractivity contribution >= 4 is 46.5 Å². The molecule has 8 heteroatoms. The molecule has 0 heterocycles. The van der Waals surface area contributed by atoms with E-state index in [1.165, 1.54) is 11.8 Å². The van der Waals surface area contributed by atoms with Gasteiger partial charge >= 0.3 is 0 Å². The van der Waals surface area contributed by atoms with Crippen LogP contribution in [0.5, 0.6) is 5.75 Å². The number of rotatable bonds is 9. The Morgan fingerprint density at radius 3 is 2.26 bits per heavy atom. The molecular formula is C26H25N3O4S. The van der Waals surface area contributed by atoms with Crippen LogP contribution in [0, 0.1) is 5.92 Å². The van der Waals surface area contributed by atoms with Crippen molar-refractivity contribution < 1.29 is 19.1 Å². The first kappa shape index (κ1) is 23.4. The molecule has 0 atom stereocenters. The number of hydrogen-bond donors (Lipinski definition) is 3. The molecular weight excluding hydrogens is 450 g/mol. The molecule has 3 aromatic carbocycles. The lowest BCUT2D eigenvalue weighted by atomic mass is 10.2. The minimum absolute atomic E-state index is 0.0115. The van der Waals surface area contributed by atoms with Crippen molar-refractivity contribution in [3.05, 3.63) is 78.4 Å². The zero-order chi connectivity index (χ0) is 23.9. The summed E-state index contributed by atoms with van der Waals surface area (Å²) in [5.41, 5.74) is 2.33. The minimum atomic E-state index is -0.290. The second kappa shape index (κ2) is 10.9.